The number of rotatable bonds is 11. The first-order valence-corrected chi connectivity index (χ1v) is 12.4. The van der Waals surface area contributed by atoms with E-state index in [1.807, 2.05) is 0 Å². The molecule has 3 aliphatic rings. The molecule has 1 saturated carbocycles. The lowest BCUT2D eigenvalue weighted by Crippen LogP contribution is -2.63. The molecule has 15 unspecified atom stereocenters. The predicted octanol–water partition coefficient (Wildman–Crippen LogP) is -7.10. The Kier molecular flexibility index (Phi) is 12.1. The molecule has 2 saturated heterocycles. The van der Waals surface area contributed by atoms with E-state index < -0.39 is 112 Å². The van der Waals surface area contributed by atoms with Gasteiger partial charge in [-0.15, -0.1) is 5.17 Å². The Morgan fingerprint density at radius 3 is 1.90 bits per heavy atom. The Labute approximate surface area is 223 Å². The van der Waals surface area contributed by atoms with E-state index in [-0.39, 0.29) is 13.2 Å². The van der Waals surface area contributed by atoms with Crippen LogP contribution in [0.15, 0.2) is 0 Å². The lowest BCUT2D eigenvalue weighted by atomic mass is 9.81. The first kappa shape index (κ1) is 32.8. The lowest BCUT2D eigenvalue weighted by Gasteiger charge is -2.46. The smallest absolute Gasteiger partial charge is 0.188 e. The van der Waals surface area contributed by atoms with Crippen LogP contribution in [0.2, 0.25) is 0 Å². The highest BCUT2D eigenvalue weighted by atomic mass is 16.7. The predicted molar refractivity (Wildman–Crippen MR) is 121 cm³/mol. The minimum atomic E-state index is -1.81. The van der Waals surface area contributed by atoms with Crippen LogP contribution in [0.5, 0.6) is 0 Å². The van der Waals surface area contributed by atoms with Gasteiger partial charge in [-0.1, -0.05) is 0 Å². The van der Waals surface area contributed by atoms with Crippen LogP contribution in [0.4, 0.5) is 0 Å². The molecular formula is C21H40N2O16. The first-order valence-electron chi connectivity index (χ1n) is 12.4. The quantitative estimate of drug-likeness (QED) is 0.0803. The number of aliphatic hydroxyl groups is 10. The molecule has 18 heteroatoms. The molecule has 15 atom stereocenters. The number of nitrogens with zero attached hydrogens (tertiary/aromatic N) is 1. The van der Waals surface area contributed by atoms with Crippen LogP contribution in [0.3, 0.4) is 0 Å². The number of hydrazine groups is 1. The van der Waals surface area contributed by atoms with Crippen LogP contribution in [0.1, 0.15) is 6.42 Å². The standard InChI is InChI=1S/C21H40N2O16/c1-23(34)22-6-36-20-17(32)16(31)13(28)10(38-20)5-35-8-2-7(3-24)11(26)19(14(8)29)39-21-18(33)15(30)12(27)9(4-25)37-21/h7-22,24-34H,2-6H2,1H3. The molecule has 12 N–H and O–H groups in total. The third-order valence-corrected chi connectivity index (χ3v) is 7.13. The highest BCUT2D eigenvalue weighted by molar-refractivity contribution is 4.97. The van der Waals surface area contributed by atoms with Crippen molar-refractivity contribution in [3.05, 3.63) is 0 Å². The summed E-state index contributed by atoms with van der Waals surface area (Å²) in [5, 5.41) is 111. The van der Waals surface area contributed by atoms with Crippen molar-refractivity contribution < 1.29 is 80.0 Å². The largest absolute Gasteiger partial charge is 0.396 e. The lowest BCUT2D eigenvalue weighted by molar-refractivity contribution is -0.336. The monoisotopic (exact) mass is 576 g/mol. The van der Waals surface area contributed by atoms with E-state index in [1.54, 1.807) is 0 Å². The fourth-order valence-electron chi connectivity index (χ4n) is 4.73. The molecule has 3 rings (SSSR count). The summed E-state index contributed by atoms with van der Waals surface area (Å²) in [6.07, 6.45) is -21.8. The fourth-order valence-corrected chi connectivity index (χ4v) is 4.73. The number of ether oxygens (including phenoxy) is 5. The Bertz CT molecular complexity index is 738. The molecule has 18 nitrogen and oxygen atoms in total. The van der Waals surface area contributed by atoms with E-state index in [0.29, 0.717) is 5.17 Å². The van der Waals surface area contributed by atoms with Crippen molar-refractivity contribution in [1.29, 1.82) is 0 Å². The van der Waals surface area contributed by atoms with Gasteiger partial charge in [0.1, 0.15) is 67.8 Å². The van der Waals surface area contributed by atoms with Crippen molar-refractivity contribution in [3.8, 4) is 0 Å². The van der Waals surface area contributed by atoms with Crippen LogP contribution in [0.25, 0.3) is 0 Å². The first-order chi connectivity index (χ1) is 18.4. The number of nitrogens with one attached hydrogen (secondary N) is 1. The van der Waals surface area contributed by atoms with Gasteiger partial charge in [-0.3, -0.25) is 5.21 Å². The van der Waals surface area contributed by atoms with Crippen molar-refractivity contribution in [2.75, 3.05) is 33.6 Å². The summed E-state index contributed by atoms with van der Waals surface area (Å²) >= 11 is 0. The van der Waals surface area contributed by atoms with Crippen LogP contribution < -0.4 is 5.43 Å². The Hall–Kier alpha value is -0.720. The van der Waals surface area contributed by atoms with Crippen molar-refractivity contribution >= 4 is 0 Å². The van der Waals surface area contributed by atoms with Gasteiger partial charge in [0.05, 0.1) is 25.4 Å². The average Bonchev–Trinajstić information content (AvgIpc) is 2.90. The Morgan fingerprint density at radius 2 is 1.31 bits per heavy atom. The molecule has 0 aromatic rings. The second-order valence-corrected chi connectivity index (χ2v) is 9.84. The highest BCUT2D eigenvalue weighted by Gasteiger charge is 2.51. The van der Waals surface area contributed by atoms with E-state index >= 15 is 0 Å². The maximum atomic E-state index is 10.9. The summed E-state index contributed by atoms with van der Waals surface area (Å²) in [5.41, 5.74) is 2.35. The number of hydrogen-bond donors (Lipinski definition) is 12. The van der Waals surface area contributed by atoms with Gasteiger partial charge in [-0.2, -0.15) is 0 Å². The second kappa shape index (κ2) is 14.4. The molecule has 0 radical (unpaired) electrons. The summed E-state index contributed by atoms with van der Waals surface area (Å²) in [5.74, 6) is -0.893. The zero-order valence-electron chi connectivity index (χ0n) is 21.1. The number of hydroxylamine groups is 1. The van der Waals surface area contributed by atoms with Crippen molar-refractivity contribution in [1.82, 2.24) is 10.6 Å². The molecular weight excluding hydrogens is 536 g/mol. The average molecular weight is 577 g/mol. The van der Waals surface area contributed by atoms with Gasteiger partial charge in [0, 0.05) is 19.6 Å². The molecule has 3 fully saturated rings. The molecule has 0 aromatic carbocycles. The van der Waals surface area contributed by atoms with Gasteiger partial charge >= 0.3 is 0 Å². The SMILES string of the molecule is CN(O)NCOC1OC(COC2CC(CO)C(O)C(OC3OC(CO)C(O)C(O)C3O)C2O)C(O)C(O)C1O. The fraction of sp³-hybridized carbons (Fsp3) is 1.00. The van der Waals surface area contributed by atoms with E-state index in [9.17, 15) is 51.1 Å². The Morgan fingerprint density at radius 1 is 0.718 bits per heavy atom. The second-order valence-electron chi connectivity index (χ2n) is 9.84. The third kappa shape index (κ3) is 7.57. The zero-order chi connectivity index (χ0) is 29.0. The molecule has 0 aromatic heterocycles. The van der Waals surface area contributed by atoms with E-state index in [1.165, 1.54) is 7.05 Å². The van der Waals surface area contributed by atoms with E-state index in [4.69, 9.17) is 28.9 Å². The molecule has 230 valence electrons. The van der Waals surface area contributed by atoms with Crippen LogP contribution >= 0.6 is 0 Å². The molecule has 2 aliphatic heterocycles. The summed E-state index contributed by atoms with van der Waals surface area (Å²) in [7, 11) is 1.26. The van der Waals surface area contributed by atoms with Crippen molar-refractivity contribution in [2.24, 2.45) is 5.92 Å². The molecule has 2 heterocycles. The highest BCUT2D eigenvalue weighted by Crippen LogP contribution is 2.33. The van der Waals surface area contributed by atoms with Crippen LogP contribution in [-0.2, 0) is 23.7 Å². The van der Waals surface area contributed by atoms with E-state index in [0.717, 1.165) is 0 Å². The summed E-state index contributed by atoms with van der Waals surface area (Å²) in [4.78, 5) is 0. The topological polar surface area (TPSA) is 284 Å². The molecule has 1 aliphatic carbocycles. The van der Waals surface area contributed by atoms with Gasteiger partial charge < -0.3 is 74.7 Å². The van der Waals surface area contributed by atoms with Crippen LogP contribution in [0, 0.1) is 5.92 Å². The minimum absolute atomic E-state index is 0.0892. The van der Waals surface area contributed by atoms with Crippen molar-refractivity contribution in [3.63, 3.8) is 0 Å². The molecule has 39 heavy (non-hydrogen) atoms. The van der Waals surface area contributed by atoms with E-state index in [2.05, 4.69) is 5.43 Å². The molecule has 0 spiro atoms. The van der Waals surface area contributed by atoms with Crippen LogP contribution in [-0.4, -0.2) is 181 Å². The summed E-state index contributed by atoms with van der Waals surface area (Å²) in [6, 6.07) is 0. The van der Waals surface area contributed by atoms with Gasteiger partial charge in [0.25, 0.3) is 0 Å². The van der Waals surface area contributed by atoms with Crippen molar-refractivity contribution in [2.45, 2.75) is 92.2 Å². The van der Waals surface area contributed by atoms with Gasteiger partial charge in [0.2, 0.25) is 0 Å². The maximum Gasteiger partial charge on any atom is 0.188 e. The summed E-state index contributed by atoms with van der Waals surface area (Å²) < 4.78 is 27.3. The summed E-state index contributed by atoms with van der Waals surface area (Å²) in [6.45, 7) is -2.08. The van der Waals surface area contributed by atoms with Gasteiger partial charge in [-0.25, -0.2) is 5.43 Å². The molecule has 0 bridgehead atoms. The zero-order valence-corrected chi connectivity index (χ0v) is 21.1. The number of hydrogen-bond acceptors (Lipinski definition) is 18. The number of aliphatic hydroxyl groups excluding tert-OH is 10. The maximum absolute atomic E-state index is 10.9. The third-order valence-electron chi connectivity index (χ3n) is 7.13. The van der Waals surface area contributed by atoms with Gasteiger partial charge in [-0.05, 0) is 6.42 Å². The Balaban J connectivity index is 1.66. The molecule has 0 amide bonds. The normalized spacial score (nSPS) is 47.5. The van der Waals surface area contributed by atoms with Gasteiger partial charge in [0.15, 0.2) is 12.6 Å². The minimum Gasteiger partial charge on any atom is -0.396 e.